The fourth-order valence-electron chi connectivity index (χ4n) is 2.15. The summed E-state index contributed by atoms with van der Waals surface area (Å²) < 4.78 is 6.73. The van der Waals surface area contributed by atoms with Gasteiger partial charge in [-0.2, -0.15) is 0 Å². The molecule has 120 valence electrons. The topological polar surface area (TPSA) is 56.0 Å². The Balaban J connectivity index is 1.54. The van der Waals surface area contributed by atoms with Crippen LogP contribution in [0.2, 0.25) is 5.02 Å². The van der Waals surface area contributed by atoms with E-state index in [9.17, 15) is 4.79 Å². The second kappa shape index (κ2) is 6.68. The lowest BCUT2D eigenvalue weighted by atomic mass is 10.2. The van der Waals surface area contributed by atoms with Crippen molar-refractivity contribution in [3.63, 3.8) is 0 Å². The van der Waals surface area contributed by atoms with Crippen LogP contribution >= 0.6 is 46.0 Å². The predicted molar refractivity (Wildman–Crippen MR) is 99.5 cm³/mol. The molecule has 0 atom stereocenters. The van der Waals surface area contributed by atoms with Gasteiger partial charge in [-0.25, -0.2) is 0 Å². The highest BCUT2D eigenvalue weighted by Gasteiger charge is 2.18. The minimum atomic E-state index is 0.0506. The van der Waals surface area contributed by atoms with Crippen LogP contribution in [0.4, 0.5) is 0 Å². The Morgan fingerprint density at radius 2 is 2.08 bits per heavy atom. The van der Waals surface area contributed by atoms with Crippen LogP contribution < -0.4 is 0 Å². The molecule has 0 fully saturated rings. The van der Waals surface area contributed by atoms with Crippen LogP contribution in [-0.2, 0) is 0 Å². The Kier molecular flexibility index (Phi) is 4.41. The summed E-state index contributed by atoms with van der Waals surface area (Å²) >= 11 is 10.6. The highest BCUT2D eigenvalue weighted by Crippen LogP contribution is 2.41. The molecule has 0 aliphatic carbocycles. The molecule has 0 radical (unpaired) electrons. The van der Waals surface area contributed by atoms with Crippen LogP contribution in [0.5, 0.6) is 0 Å². The Hall–Kier alpha value is -1.67. The number of carbonyl (C=O) groups is 1. The van der Waals surface area contributed by atoms with Crippen LogP contribution in [0.25, 0.3) is 20.9 Å². The largest absolute Gasteiger partial charge is 0.410 e. The summed E-state index contributed by atoms with van der Waals surface area (Å²) in [4.78, 5) is 13.5. The van der Waals surface area contributed by atoms with E-state index in [1.54, 1.807) is 0 Å². The summed E-state index contributed by atoms with van der Waals surface area (Å²) in [5.41, 5.74) is 0. The first-order valence-corrected chi connectivity index (χ1v) is 9.99. The second-order valence-corrected chi connectivity index (χ2v) is 8.11. The minimum Gasteiger partial charge on any atom is -0.410 e. The molecule has 0 N–H and O–H groups in total. The zero-order valence-electron chi connectivity index (χ0n) is 12.1. The maximum atomic E-state index is 12.0. The number of thioether (sulfide) groups is 1. The highest BCUT2D eigenvalue weighted by molar-refractivity contribution is 7.99. The van der Waals surface area contributed by atoms with E-state index in [0.717, 1.165) is 19.8 Å². The third-order valence-electron chi connectivity index (χ3n) is 3.26. The summed E-state index contributed by atoms with van der Waals surface area (Å²) in [6, 6.07) is 11.5. The predicted octanol–water partition coefficient (Wildman–Crippen LogP) is 5.64. The number of ketones is 1. The zero-order valence-corrected chi connectivity index (χ0v) is 15.3. The van der Waals surface area contributed by atoms with Gasteiger partial charge >= 0.3 is 0 Å². The van der Waals surface area contributed by atoms with Crippen molar-refractivity contribution in [1.29, 1.82) is 0 Å². The fourth-order valence-corrected chi connectivity index (χ4v) is 4.98. The fraction of sp³-hybridized carbons (Fsp3) is 0.0625. The molecule has 3 aromatic heterocycles. The Labute approximate surface area is 154 Å². The van der Waals surface area contributed by atoms with Gasteiger partial charge in [-0.3, -0.25) is 4.79 Å². The van der Waals surface area contributed by atoms with Crippen LogP contribution in [-0.4, -0.2) is 21.7 Å². The maximum absolute atomic E-state index is 12.0. The summed E-state index contributed by atoms with van der Waals surface area (Å²) in [6.45, 7) is 0. The molecule has 0 amide bonds. The molecule has 0 aliphatic rings. The Morgan fingerprint density at radius 3 is 2.88 bits per heavy atom. The average molecular weight is 393 g/mol. The number of aromatic nitrogens is 2. The molecule has 4 aromatic rings. The van der Waals surface area contributed by atoms with Gasteiger partial charge in [0.25, 0.3) is 11.1 Å². The number of benzene rings is 1. The van der Waals surface area contributed by atoms with Crippen molar-refractivity contribution >= 4 is 61.9 Å². The first kappa shape index (κ1) is 15.8. The molecular weight excluding hydrogens is 384 g/mol. The minimum absolute atomic E-state index is 0.0506. The van der Waals surface area contributed by atoms with Crippen molar-refractivity contribution in [3.8, 4) is 10.8 Å². The van der Waals surface area contributed by atoms with Gasteiger partial charge in [0.1, 0.15) is 4.88 Å². The summed E-state index contributed by atoms with van der Waals surface area (Å²) in [7, 11) is 0. The summed E-state index contributed by atoms with van der Waals surface area (Å²) in [5.74, 6) is 0.698. The SMILES string of the molecule is O=C(CSc1nnc(-c2sc3ccccc3c2Cl)o1)c1cccs1. The molecule has 8 heteroatoms. The third-order valence-corrected chi connectivity index (χ3v) is 6.65. The number of carbonyl (C=O) groups excluding carboxylic acids is 1. The smallest absolute Gasteiger partial charge is 0.277 e. The van der Waals surface area contributed by atoms with Crippen LogP contribution in [0.3, 0.4) is 0 Å². The number of rotatable bonds is 5. The van der Waals surface area contributed by atoms with Crippen molar-refractivity contribution in [2.45, 2.75) is 5.22 Å². The summed E-state index contributed by atoms with van der Waals surface area (Å²) in [6.07, 6.45) is 0. The standard InChI is InChI=1S/C16H9ClN2O2S3/c17-13-9-4-1-2-5-11(9)24-14(13)15-18-19-16(21-15)23-8-10(20)12-6-3-7-22-12/h1-7H,8H2. The third kappa shape index (κ3) is 3.00. The van der Waals surface area contributed by atoms with Gasteiger partial charge in [-0.1, -0.05) is 47.6 Å². The molecule has 0 spiro atoms. The lowest BCUT2D eigenvalue weighted by Gasteiger charge is -1.94. The molecule has 0 bridgehead atoms. The lowest BCUT2D eigenvalue weighted by molar-refractivity contribution is 0.102. The number of hydrogen-bond donors (Lipinski definition) is 0. The number of fused-ring (bicyclic) bond motifs is 1. The quantitative estimate of drug-likeness (QED) is 0.325. The van der Waals surface area contributed by atoms with Gasteiger partial charge < -0.3 is 4.42 Å². The van der Waals surface area contributed by atoms with Crippen LogP contribution in [0.15, 0.2) is 51.4 Å². The van der Waals surface area contributed by atoms with E-state index >= 15 is 0 Å². The van der Waals surface area contributed by atoms with Gasteiger partial charge in [0.05, 0.1) is 15.7 Å². The van der Waals surface area contributed by atoms with E-state index in [1.165, 1.54) is 34.4 Å². The monoisotopic (exact) mass is 392 g/mol. The number of Topliss-reactive ketones (excluding diaryl/α,β-unsaturated/α-hetero) is 1. The molecule has 0 aliphatic heterocycles. The normalized spacial score (nSPS) is 11.2. The molecule has 4 nitrogen and oxygen atoms in total. The van der Waals surface area contributed by atoms with Crippen LogP contribution in [0.1, 0.15) is 9.67 Å². The van der Waals surface area contributed by atoms with Gasteiger partial charge in [-0.05, 0) is 17.5 Å². The molecular formula is C16H9ClN2O2S3. The van der Waals surface area contributed by atoms with Crippen LogP contribution in [0, 0.1) is 0 Å². The number of hydrogen-bond acceptors (Lipinski definition) is 7. The molecule has 0 saturated carbocycles. The number of halogens is 1. The lowest BCUT2D eigenvalue weighted by Crippen LogP contribution is -1.98. The average Bonchev–Trinajstić information content (AvgIpc) is 3.33. The molecule has 0 saturated heterocycles. The van der Waals surface area contributed by atoms with E-state index in [0.29, 0.717) is 16.1 Å². The van der Waals surface area contributed by atoms with E-state index in [4.69, 9.17) is 16.0 Å². The molecule has 1 aromatic carbocycles. The van der Waals surface area contributed by atoms with E-state index in [1.807, 2.05) is 41.8 Å². The molecule has 4 rings (SSSR count). The Morgan fingerprint density at radius 1 is 1.21 bits per heavy atom. The first-order chi connectivity index (χ1) is 11.7. The zero-order chi connectivity index (χ0) is 16.5. The van der Waals surface area contributed by atoms with Crippen molar-refractivity contribution < 1.29 is 9.21 Å². The molecule has 0 unspecified atom stereocenters. The van der Waals surface area contributed by atoms with E-state index < -0.39 is 0 Å². The van der Waals surface area contributed by atoms with Crippen molar-refractivity contribution in [2.24, 2.45) is 0 Å². The van der Waals surface area contributed by atoms with Crippen molar-refractivity contribution in [3.05, 3.63) is 51.7 Å². The summed E-state index contributed by atoms with van der Waals surface area (Å²) in [5, 5.41) is 11.9. The number of nitrogens with zero attached hydrogens (tertiary/aromatic N) is 2. The first-order valence-electron chi connectivity index (χ1n) is 6.93. The molecule has 24 heavy (non-hydrogen) atoms. The maximum Gasteiger partial charge on any atom is 0.277 e. The van der Waals surface area contributed by atoms with Gasteiger partial charge in [0, 0.05) is 10.1 Å². The van der Waals surface area contributed by atoms with E-state index in [-0.39, 0.29) is 11.5 Å². The van der Waals surface area contributed by atoms with Crippen molar-refractivity contribution in [1.82, 2.24) is 10.2 Å². The van der Waals surface area contributed by atoms with Gasteiger partial charge in [0.2, 0.25) is 0 Å². The van der Waals surface area contributed by atoms with Gasteiger partial charge in [-0.15, -0.1) is 32.9 Å². The van der Waals surface area contributed by atoms with Gasteiger partial charge in [0.15, 0.2) is 5.78 Å². The molecule has 3 heterocycles. The van der Waals surface area contributed by atoms with Crippen molar-refractivity contribution in [2.75, 3.05) is 5.75 Å². The number of thiophene rings is 2. The second-order valence-electron chi connectivity index (χ2n) is 4.80. The Bertz CT molecular complexity index is 1010. The highest BCUT2D eigenvalue weighted by atomic mass is 35.5. The van der Waals surface area contributed by atoms with E-state index in [2.05, 4.69) is 10.2 Å².